The molecule has 0 spiro atoms. The molecule has 0 bridgehead atoms. The number of halogens is 1. The van der Waals surface area contributed by atoms with Gasteiger partial charge >= 0.3 is 0 Å². The minimum Gasteiger partial charge on any atom is -0.484 e. The van der Waals surface area contributed by atoms with Crippen LogP contribution in [0.3, 0.4) is 0 Å². The summed E-state index contributed by atoms with van der Waals surface area (Å²) in [7, 11) is 0. The maximum absolute atomic E-state index is 12.3. The first kappa shape index (κ1) is 18.0. The van der Waals surface area contributed by atoms with Crippen molar-refractivity contribution in [3.63, 3.8) is 0 Å². The molecule has 2 amide bonds. The molecule has 1 saturated heterocycles. The van der Waals surface area contributed by atoms with Crippen LogP contribution < -0.4 is 10.1 Å². The SMILES string of the molecule is C[C@@H](C(=O)NC1CC1)N1CCN(C(=O)COc2ccc(Cl)cc2)CC1. The van der Waals surface area contributed by atoms with E-state index in [0.717, 1.165) is 12.8 Å². The van der Waals surface area contributed by atoms with Gasteiger partial charge in [0.2, 0.25) is 5.91 Å². The van der Waals surface area contributed by atoms with Crippen molar-refractivity contribution in [2.75, 3.05) is 32.8 Å². The predicted molar refractivity (Wildman–Crippen MR) is 95.7 cm³/mol. The van der Waals surface area contributed by atoms with Gasteiger partial charge in [0.05, 0.1) is 6.04 Å². The summed E-state index contributed by atoms with van der Waals surface area (Å²) in [4.78, 5) is 28.3. The van der Waals surface area contributed by atoms with Crippen LogP contribution in [0.1, 0.15) is 19.8 Å². The van der Waals surface area contributed by atoms with Gasteiger partial charge in [-0.2, -0.15) is 0 Å². The molecule has 0 radical (unpaired) electrons. The Balaban J connectivity index is 1.40. The number of carbonyl (C=O) groups is 2. The lowest BCUT2D eigenvalue weighted by Crippen LogP contribution is -2.55. The summed E-state index contributed by atoms with van der Waals surface area (Å²) < 4.78 is 5.51. The molecule has 1 atom stereocenters. The number of hydrogen-bond acceptors (Lipinski definition) is 4. The van der Waals surface area contributed by atoms with Crippen molar-refractivity contribution in [2.45, 2.75) is 31.8 Å². The van der Waals surface area contributed by atoms with Crippen LogP contribution >= 0.6 is 11.6 Å². The van der Waals surface area contributed by atoms with Crippen molar-refractivity contribution in [3.05, 3.63) is 29.3 Å². The van der Waals surface area contributed by atoms with Gasteiger partial charge in [0.15, 0.2) is 6.61 Å². The Morgan fingerprint density at radius 1 is 1.20 bits per heavy atom. The van der Waals surface area contributed by atoms with Crippen LogP contribution in [0.2, 0.25) is 5.02 Å². The predicted octanol–water partition coefficient (Wildman–Crippen LogP) is 1.53. The summed E-state index contributed by atoms with van der Waals surface area (Å²) in [6.07, 6.45) is 2.18. The number of benzene rings is 1. The van der Waals surface area contributed by atoms with Gasteiger partial charge in [-0.15, -0.1) is 0 Å². The van der Waals surface area contributed by atoms with E-state index >= 15 is 0 Å². The molecule has 136 valence electrons. The molecule has 0 aromatic heterocycles. The Morgan fingerprint density at radius 3 is 2.44 bits per heavy atom. The highest BCUT2D eigenvalue weighted by atomic mass is 35.5. The Labute approximate surface area is 153 Å². The summed E-state index contributed by atoms with van der Waals surface area (Å²) in [5.41, 5.74) is 0. The number of nitrogens with one attached hydrogen (secondary N) is 1. The molecule has 1 N–H and O–H groups in total. The number of piperazine rings is 1. The van der Waals surface area contributed by atoms with Crippen molar-refractivity contribution in [1.29, 1.82) is 0 Å². The van der Waals surface area contributed by atoms with Gasteiger partial charge in [-0.3, -0.25) is 14.5 Å². The second kappa shape index (κ2) is 8.06. The lowest BCUT2D eigenvalue weighted by molar-refractivity contribution is -0.136. The minimum atomic E-state index is -0.150. The van der Waals surface area contributed by atoms with Gasteiger partial charge in [-0.1, -0.05) is 11.6 Å². The van der Waals surface area contributed by atoms with E-state index in [1.807, 2.05) is 6.92 Å². The van der Waals surface area contributed by atoms with Crippen molar-refractivity contribution in [3.8, 4) is 5.75 Å². The fourth-order valence-corrected chi connectivity index (χ4v) is 2.97. The zero-order valence-electron chi connectivity index (χ0n) is 14.4. The molecule has 1 saturated carbocycles. The Morgan fingerprint density at radius 2 is 1.84 bits per heavy atom. The zero-order chi connectivity index (χ0) is 17.8. The highest BCUT2D eigenvalue weighted by Crippen LogP contribution is 2.19. The molecule has 25 heavy (non-hydrogen) atoms. The second-order valence-corrected chi connectivity index (χ2v) is 7.05. The zero-order valence-corrected chi connectivity index (χ0v) is 15.2. The van der Waals surface area contributed by atoms with Crippen LogP contribution in [0.15, 0.2) is 24.3 Å². The number of rotatable bonds is 6. The molecule has 3 rings (SSSR count). The van der Waals surface area contributed by atoms with Crippen LogP contribution in [-0.2, 0) is 9.59 Å². The molecule has 2 aliphatic rings. The molecule has 1 aromatic carbocycles. The normalized spacial score (nSPS) is 19.4. The van der Waals surface area contributed by atoms with Crippen molar-refractivity contribution < 1.29 is 14.3 Å². The Bertz CT molecular complexity index is 610. The van der Waals surface area contributed by atoms with Gasteiger partial charge in [-0.25, -0.2) is 0 Å². The van der Waals surface area contributed by atoms with Crippen molar-refractivity contribution >= 4 is 23.4 Å². The van der Waals surface area contributed by atoms with E-state index in [1.54, 1.807) is 29.2 Å². The summed E-state index contributed by atoms with van der Waals surface area (Å²) in [5, 5.41) is 3.67. The minimum absolute atomic E-state index is 0.0132. The fraction of sp³-hybridized carbons (Fsp3) is 0.556. The molecular formula is C18H24ClN3O3. The van der Waals surface area contributed by atoms with E-state index in [-0.39, 0.29) is 24.5 Å². The summed E-state index contributed by atoms with van der Waals surface area (Å²) >= 11 is 5.82. The quantitative estimate of drug-likeness (QED) is 0.830. The average molecular weight is 366 g/mol. The van der Waals surface area contributed by atoms with E-state index < -0.39 is 0 Å². The van der Waals surface area contributed by atoms with Gasteiger partial charge in [0.1, 0.15) is 5.75 Å². The molecule has 7 heteroatoms. The van der Waals surface area contributed by atoms with E-state index in [1.165, 1.54) is 0 Å². The van der Waals surface area contributed by atoms with Crippen molar-refractivity contribution in [1.82, 2.24) is 15.1 Å². The monoisotopic (exact) mass is 365 g/mol. The van der Waals surface area contributed by atoms with Crippen molar-refractivity contribution in [2.24, 2.45) is 0 Å². The van der Waals surface area contributed by atoms with Crippen LogP contribution in [0.5, 0.6) is 5.75 Å². The lowest BCUT2D eigenvalue weighted by atomic mass is 10.2. The van der Waals surface area contributed by atoms with Crippen LogP contribution in [0, 0.1) is 0 Å². The number of nitrogens with zero attached hydrogens (tertiary/aromatic N) is 2. The van der Waals surface area contributed by atoms with Gasteiger partial charge in [-0.05, 0) is 44.0 Å². The molecular weight excluding hydrogens is 342 g/mol. The molecule has 2 fully saturated rings. The van der Waals surface area contributed by atoms with E-state index in [0.29, 0.717) is 43.0 Å². The van der Waals surface area contributed by atoms with E-state index in [4.69, 9.17) is 16.3 Å². The Kier molecular flexibility index (Phi) is 5.81. The fourth-order valence-electron chi connectivity index (χ4n) is 2.84. The smallest absolute Gasteiger partial charge is 0.260 e. The lowest BCUT2D eigenvalue weighted by Gasteiger charge is -2.37. The van der Waals surface area contributed by atoms with Gasteiger partial charge in [0.25, 0.3) is 5.91 Å². The highest BCUT2D eigenvalue weighted by molar-refractivity contribution is 6.30. The topological polar surface area (TPSA) is 61.9 Å². The molecule has 0 unspecified atom stereocenters. The molecule has 1 aliphatic carbocycles. The molecule has 1 heterocycles. The summed E-state index contributed by atoms with van der Waals surface area (Å²) in [5.74, 6) is 0.680. The average Bonchev–Trinajstić information content (AvgIpc) is 3.44. The third-order valence-corrected chi connectivity index (χ3v) is 4.95. The van der Waals surface area contributed by atoms with Crippen LogP contribution in [0.25, 0.3) is 0 Å². The standard InChI is InChI=1S/C18H24ClN3O3/c1-13(18(24)20-15-4-5-15)21-8-10-22(11-9-21)17(23)12-25-16-6-2-14(19)3-7-16/h2-3,6-7,13,15H,4-5,8-12H2,1H3,(H,20,24)/t13-/m0/s1. The van der Waals surface area contributed by atoms with E-state index in [9.17, 15) is 9.59 Å². The van der Waals surface area contributed by atoms with Crippen LogP contribution in [0.4, 0.5) is 0 Å². The first-order chi connectivity index (χ1) is 12.0. The molecule has 1 aliphatic heterocycles. The third-order valence-electron chi connectivity index (χ3n) is 4.69. The number of carbonyl (C=O) groups excluding carboxylic acids is 2. The largest absolute Gasteiger partial charge is 0.484 e. The molecule has 6 nitrogen and oxygen atoms in total. The Hall–Kier alpha value is -1.79. The summed E-state index contributed by atoms with van der Waals surface area (Å²) in [6.45, 7) is 4.57. The maximum Gasteiger partial charge on any atom is 0.260 e. The van der Waals surface area contributed by atoms with Crippen LogP contribution in [-0.4, -0.2) is 66.5 Å². The first-order valence-corrected chi connectivity index (χ1v) is 9.11. The first-order valence-electron chi connectivity index (χ1n) is 8.73. The number of amides is 2. The second-order valence-electron chi connectivity index (χ2n) is 6.62. The summed E-state index contributed by atoms with van der Waals surface area (Å²) in [6, 6.07) is 7.18. The maximum atomic E-state index is 12.3. The van der Waals surface area contributed by atoms with Gasteiger partial charge in [0, 0.05) is 37.2 Å². The third kappa shape index (κ3) is 5.09. The van der Waals surface area contributed by atoms with E-state index in [2.05, 4.69) is 10.2 Å². The molecule has 1 aromatic rings. The number of ether oxygens (including phenoxy) is 1. The number of hydrogen-bond donors (Lipinski definition) is 1. The van der Waals surface area contributed by atoms with Gasteiger partial charge < -0.3 is 15.0 Å². The highest BCUT2D eigenvalue weighted by Gasteiger charge is 2.30.